The van der Waals surface area contributed by atoms with Crippen molar-refractivity contribution >= 4 is 23.2 Å². The van der Waals surface area contributed by atoms with Crippen molar-refractivity contribution in [1.82, 2.24) is 0 Å². The highest BCUT2D eigenvalue weighted by molar-refractivity contribution is 5.95. The monoisotopic (exact) mass is 274 g/mol. The molecule has 0 aliphatic carbocycles. The normalized spacial score (nSPS) is 15.3. The number of amides is 2. The molecule has 0 spiro atoms. The van der Waals surface area contributed by atoms with Crippen LogP contribution in [0.2, 0.25) is 0 Å². The quantitative estimate of drug-likeness (QED) is 0.847. The summed E-state index contributed by atoms with van der Waals surface area (Å²) < 4.78 is 0. The van der Waals surface area contributed by atoms with Crippen molar-refractivity contribution < 1.29 is 9.59 Å². The lowest BCUT2D eigenvalue weighted by Crippen LogP contribution is -2.35. The van der Waals surface area contributed by atoms with E-state index in [0.29, 0.717) is 6.42 Å². The number of hydrogen-bond donors (Lipinski definition) is 0. The van der Waals surface area contributed by atoms with Gasteiger partial charge in [-0.2, -0.15) is 0 Å². The van der Waals surface area contributed by atoms with Gasteiger partial charge >= 0.3 is 0 Å². The molecule has 1 aromatic rings. The van der Waals surface area contributed by atoms with Crippen molar-refractivity contribution in [2.45, 2.75) is 39.5 Å². The summed E-state index contributed by atoms with van der Waals surface area (Å²) in [5.74, 6) is 0.245. The van der Waals surface area contributed by atoms with Crippen molar-refractivity contribution in [3.8, 4) is 0 Å². The number of rotatable bonds is 4. The van der Waals surface area contributed by atoms with E-state index in [-0.39, 0.29) is 11.8 Å². The predicted octanol–water partition coefficient (Wildman–Crippen LogP) is 2.97. The molecule has 1 saturated heterocycles. The third kappa shape index (κ3) is 3.18. The van der Waals surface area contributed by atoms with Crippen LogP contribution in [0.25, 0.3) is 0 Å². The van der Waals surface area contributed by atoms with Crippen LogP contribution in [0.3, 0.4) is 0 Å². The molecule has 1 heterocycles. The van der Waals surface area contributed by atoms with E-state index in [4.69, 9.17) is 0 Å². The van der Waals surface area contributed by atoms with Gasteiger partial charge in [0.2, 0.25) is 11.8 Å². The van der Waals surface area contributed by atoms with Crippen molar-refractivity contribution in [2.24, 2.45) is 0 Å². The van der Waals surface area contributed by atoms with Crippen LogP contribution in [0.1, 0.15) is 39.5 Å². The van der Waals surface area contributed by atoms with Gasteiger partial charge in [-0.3, -0.25) is 9.59 Å². The fourth-order valence-corrected chi connectivity index (χ4v) is 2.58. The molecule has 2 amide bonds. The maximum Gasteiger partial charge on any atom is 0.226 e. The van der Waals surface area contributed by atoms with Crippen LogP contribution in [0.5, 0.6) is 0 Å². The molecule has 0 saturated carbocycles. The van der Waals surface area contributed by atoms with Gasteiger partial charge in [0.15, 0.2) is 0 Å². The Morgan fingerprint density at radius 1 is 1.25 bits per heavy atom. The Balaban J connectivity index is 2.16. The zero-order valence-electron chi connectivity index (χ0n) is 12.3. The first-order chi connectivity index (χ1) is 9.63. The molecule has 2 rings (SSSR count). The van der Waals surface area contributed by atoms with Gasteiger partial charge in [0, 0.05) is 37.8 Å². The highest BCUT2D eigenvalue weighted by Gasteiger charge is 2.19. The summed E-state index contributed by atoms with van der Waals surface area (Å²) in [5.41, 5.74) is 1.83. The van der Waals surface area contributed by atoms with E-state index in [1.165, 1.54) is 0 Å². The van der Waals surface area contributed by atoms with E-state index in [1.807, 2.05) is 29.2 Å². The molecule has 4 heteroatoms. The number of anilines is 2. The molecule has 0 aromatic heterocycles. The van der Waals surface area contributed by atoms with Crippen LogP contribution in [-0.4, -0.2) is 24.9 Å². The van der Waals surface area contributed by atoms with Crippen LogP contribution >= 0.6 is 0 Å². The summed E-state index contributed by atoms with van der Waals surface area (Å²) in [7, 11) is 0. The molecule has 0 N–H and O–H groups in total. The SMILES string of the molecule is CCCN(C(C)=O)c1ccc(N2CCCCC2=O)cc1. The summed E-state index contributed by atoms with van der Waals surface area (Å²) in [5, 5.41) is 0. The average Bonchev–Trinajstić information content (AvgIpc) is 2.45. The van der Waals surface area contributed by atoms with Gasteiger partial charge in [0.05, 0.1) is 0 Å². The Morgan fingerprint density at radius 3 is 2.50 bits per heavy atom. The minimum Gasteiger partial charge on any atom is -0.313 e. The van der Waals surface area contributed by atoms with Gasteiger partial charge < -0.3 is 9.80 Å². The van der Waals surface area contributed by atoms with E-state index in [1.54, 1.807) is 11.8 Å². The molecule has 0 atom stereocenters. The Kier molecular flexibility index (Phi) is 4.77. The molecular formula is C16H22N2O2. The van der Waals surface area contributed by atoms with E-state index in [2.05, 4.69) is 6.92 Å². The summed E-state index contributed by atoms with van der Waals surface area (Å²) in [6, 6.07) is 7.72. The van der Waals surface area contributed by atoms with E-state index in [0.717, 1.165) is 43.7 Å². The van der Waals surface area contributed by atoms with Crippen molar-refractivity contribution in [3.05, 3.63) is 24.3 Å². The maximum atomic E-state index is 11.9. The minimum absolute atomic E-state index is 0.0497. The maximum absolute atomic E-state index is 11.9. The van der Waals surface area contributed by atoms with Crippen LogP contribution in [0.4, 0.5) is 11.4 Å². The third-order valence-electron chi connectivity index (χ3n) is 3.62. The molecule has 20 heavy (non-hydrogen) atoms. The Labute approximate surface area is 120 Å². The number of hydrogen-bond acceptors (Lipinski definition) is 2. The molecule has 1 aliphatic heterocycles. The van der Waals surface area contributed by atoms with Gasteiger partial charge in [-0.05, 0) is 43.5 Å². The number of carbonyl (C=O) groups excluding carboxylic acids is 2. The van der Waals surface area contributed by atoms with Crippen molar-refractivity contribution in [2.75, 3.05) is 22.9 Å². The van der Waals surface area contributed by atoms with E-state index in [9.17, 15) is 9.59 Å². The fraction of sp³-hybridized carbons (Fsp3) is 0.500. The molecule has 1 fully saturated rings. The van der Waals surface area contributed by atoms with E-state index >= 15 is 0 Å². The average molecular weight is 274 g/mol. The van der Waals surface area contributed by atoms with Gasteiger partial charge in [0.25, 0.3) is 0 Å². The highest BCUT2D eigenvalue weighted by atomic mass is 16.2. The number of nitrogens with zero attached hydrogens (tertiary/aromatic N) is 2. The molecule has 1 aromatic carbocycles. The number of carbonyl (C=O) groups is 2. The number of piperidine rings is 1. The summed E-state index contributed by atoms with van der Waals surface area (Å²) >= 11 is 0. The topological polar surface area (TPSA) is 40.6 Å². The molecular weight excluding hydrogens is 252 g/mol. The Hall–Kier alpha value is -1.84. The van der Waals surface area contributed by atoms with Crippen LogP contribution < -0.4 is 9.80 Å². The second kappa shape index (κ2) is 6.55. The van der Waals surface area contributed by atoms with Gasteiger partial charge in [-0.15, -0.1) is 0 Å². The second-order valence-electron chi connectivity index (χ2n) is 5.19. The first-order valence-corrected chi connectivity index (χ1v) is 7.32. The predicted molar refractivity (Wildman–Crippen MR) is 81.0 cm³/mol. The summed E-state index contributed by atoms with van der Waals surface area (Å²) in [6.07, 6.45) is 3.61. The van der Waals surface area contributed by atoms with Crippen molar-refractivity contribution in [3.63, 3.8) is 0 Å². The first kappa shape index (κ1) is 14.6. The molecule has 108 valence electrons. The summed E-state index contributed by atoms with van der Waals surface area (Å²) in [4.78, 5) is 27.1. The number of benzene rings is 1. The molecule has 0 radical (unpaired) electrons. The van der Waals surface area contributed by atoms with Gasteiger partial charge in [-0.25, -0.2) is 0 Å². The minimum atomic E-state index is 0.0497. The molecule has 1 aliphatic rings. The third-order valence-corrected chi connectivity index (χ3v) is 3.62. The second-order valence-corrected chi connectivity index (χ2v) is 5.19. The van der Waals surface area contributed by atoms with E-state index < -0.39 is 0 Å². The van der Waals surface area contributed by atoms with Crippen LogP contribution in [-0.2, 0) is 9.59 Å². The zero-order chi connectivity index (χ0) is 14.5. The Bertz CT molecular complexity index is 459. The summed E-state index contributed by atoms with van der Waals surface area (Å²) in [6.45, 7) is 5.15. The first-order valence-electron chi connectivity index (χ1n) is 7.32. The Morgan fingerprint density at radius 2 is 1.95 bits per heavy atom. The molecule has 4 nitrogen and oxygen atoms in total. The highest BCUT2D eigenvalue weighted by Crippen LogP contribution is 2.24. The molecule has 0 unspecified atom stereocenters. The smallest absolute Gasteiger partial charge is 0.226 e. The van der Waals surface area contributed by atoms with Crippen molar-refractivity contribution in [1.29, 1.82) is 0 Å². The zero-order valence-corrected chi connectivity index (χ0v) is 12.3. The van der Waals surface area contributed by atoms with Crippen LogP contribution in [0.15, 0.2) is 24.3 Å². The lowest BCUT2D eigenvalue weighted by molar-refractivity contribution is -0.119. The lowest BCUT2D eigenvalue weighted by Gasteiger charge is -2.27. The molecule has 0 bridgehead atoms. The van der Waals surface area contributed by atoms with Crippen LogP contribution in [0, 0.1) is 0 Å². The van der Waals surface area contributed by atoms with Gasteiger partial charge in [0.1, 0.15) is 0 Å². The standard InChI is InChI=1S/C16H22N2O2/c1-3-11-17(13(2)19)14-7-9-15(10-8-14)18-12-5-4-6-16(18)20/h7-10H,3-6,11-12H2,1-2H3. The fourth-order valence-electron chi connectivity index (χ4n) is 2.58. The van der Waals surface area contributed by atoms with Gasteiger partial charge in [-0.1, -0.05) is 6.92 Å². The largest absolute Gasteiger partial charge is 0.313 e. The lowest BCUT2D eigenvalue weighted by atomic mass is 10.1.